The monoisotopic (exact) mass is 413 g/mol. The molecule has 0 saturated heterocycles. The molecule has 0 aliphatic carbocycles. The number of allylic oxidation sites excluding steroid dienone is 1. The van der Waals surface area contributed by atoms with Gasteiger partial charge in [0.1, 0.15) is 11.5 Å². The van der Waals surface area contributed by atoms with Gasteiger partial charge in [0.25, 0.3) is 0 Å². The van der Waals surface area contributed by atoms with Gasteiger partial charge in [-0.25, -0.2) is 0 Å². The zero-order valence-corrected chi connectivity index (χ0v) is 16.5. The molecular weight excluding hydrogens is 387 g/mol. The Morgan fingerprint density at radius 2 is 1.41 bits per heavy atom. The van der Waals surface area contributed by atoms with Crippen LogP contribution in [0.5, 0.6) is 11.5 Å². The quantitative estimate of drug-likeness (QED) is 0.479. The summed E-state index contributed by atoms with van der Waals surface area (Å²) in [7, 11) is 1.00. The van der Waals surface area contributed by atoms with Crippen molar-refractivity contribution in [2.24, 2.45) is 9.98 Å². The molecule has 0 aliphatic heterocycles. The van der Waals surface area contributed by atoms with Gasteiger partial charge in [-0.1, -0.05) is 36.4 Å². The van der Waals surface area contributed by atoms with Crippen molar-refractivity contribution in [3.8, 4) is 11.5 Å². The molecular formula is C21H26CoN2O3. The van der Waals surface area contributed by atoms with E-state index in [0.29, 0.717) is 17.7 Å². The fourth-order valence-corrected chi connectivity index (χ4v) is 2.13. The Morgan fingerprint density at radius 1 is 0.889 bits per heavy atom. The molecule has 27 heavy (non-hydrogen) atoms. The summed E-state index contributed by atoms with van der Waals surface area (Å²) in [6.07, 6.45) is 8.13. The molecule has 0 amide bonds. The number of aliphatic hydroxyl groups excluding tert-OH is 1. The zero-order chi connectivity index (χ0) is 19.2. The van der Waals surface area contributed by atoms with Crippen LogP contribution < -0.4 is 0 Å². The minimum atomic E-state index is -0.0251. The van der Waals surface area contributed by atoms with Crippen LogP contribution in [0.3, 0.4) is 0 Å². The van der Waals surface area contributed by atoms with Crippen LogP contribution >= 0.6 is 0 Å². The predicted molar refractivity (Wildman–Crippen MR) is 108 cm³/mol. The minimum Gasteiger partial charge on any atom is -0.507 e. The molecule has 1 atom stereocenters. The second kappa shape index (κ2) is 14.7. The van der Waals surface area contributed by atoms with E-state index < -0.39 is 0 Å². The summed E-state index contributed by atoms with van der Waals surface area (Å²) in [6, 6.07) is 14.1. The number of aliphatic imine (C=N–C) groups is 2. The summed E-state index contributed by atoms with van der Waals surface area (Å²) in [5, 5.41) is 26.5. The largest absolute Gasteiger partial charge is 0.507 e. The number of phenols is 2. The van der Waals surface area contributed by atoms with Gasteiger partial charge in [-0.05, 0) is 37.6 Å². The van der Waals surface area contributed by atoms with Crippen LogP contribution in [0, 0.1) is 0 Å². The first-order valence-electron chi connectivity index (χ1n) is 8.35. The Balaban J connectivity index is 0.00000218. The standard InChI is InChI=1S/C20H22N2O2.CH4O.Co/c1-2-3-10-18(22-14-17-9-5-7-12-20(17)24)15-21-13-16-8-4-6-11-19(16)23;1-2;/h2-9,11-14,18,23-24H,10,15H2,1H3;2H,1H3;/b3-2+,21-13?,22-14?;;. The normalized spacial score (nSPS) is 12.0. The smallest absolute Gasteiger partial charge is 0.124 e. The number of para-hydroxylation sites is 2. The number of aliphatic hydroxyl groups is 1. The molecule has 0 heterocycles. The average Bonchev–Trinajstić information content (AvgIpc) is 2.67. The summed E-state index contributed by atoms with van der Waals surface area (Å²) < 4.78 is 0. The Labute approximate surface area is 171 Å². The van der Waals surface area contributed by atoms with Crippen LogP contribution in [0.15, 0.2) is 70.7 Å². The van der Waals surface area contributed by atoms with E-state index in [9.17, 15) is 10.2 Å². The van der Waals surface area contributed by atoms with Crippen molar-refractivity contribution in [2.45, 2.75) is 19.4 Å². The minimum absolute atomic E-state index is 0. The van der Waals surface area contributed by atoms with Gasteiger partial charge in [-0.3, -0.25) is 9.98 Å². The summed E-state index contributed by atoms with van der Waals surface area (Å²) in [5.41, 5.74) is 1.37. The Bertz CT molecular complexity index is 746. The van der Waals surface area contributed by atoms with Crippen LogP contribution in [0.2, 0.25) is 0 Å². The maximum Gasteiger partial charge on any atom is 0.124 e. The molecule has 0 spiro atoms. The van der Waals surface area contributed by atoms with Gasteiger partial charge < -0.3 is 15.3 Å². The van der Waals surface area contributed by atoms with Crippen LogP contribution in [0.1, 0.15) is 24.5 Å². The molecule has 0 saturated carbocycles. The number of hydrogen-bond acceptors (Lipinski definition) is 5. The molecule has 1 radical (unpaired) electrons. The van der Waals surface area contributed by atoms with Gasteiger partial charge in [0.05, 0.1) is 12.6 Å². The first-order chi connectivity index (χ1) is 12.7. The van der Waals surface area contributed by atoms with Crippen LogP contribution in [0.25, 0.3) is 0 Å². The Morgan fingerprint density at radius 3 is 1.93 bits per heavy atom. The van der Waals surface area contributed by atoms with Crippen molar-refractivity contribution in [1.29, 1.82) is 0 Å². The van der Waals surface area contributed by atoms with Crippen molar-refractivity contribution < 1.29 is 32.1 Å². The number of phenolic OH excluding ortho intramolecular Hbond substituents is 2. The fourth-order valence-electron chi connectivity index (χ4n) is 2.13. The average molecular weight is 413 g/mol. The Hall–Kier alpha value is -2.41. The predicted octanol–water partition coefficient (Wildman–Crippen LogP) is 3.58. The molecule has 5 nitrogen and oxygen atoms in total. The first-order valence-corrected chi connectivity index (χ1v) is 8.35. The van der Waals surface area contributed by atoms with E-state index in [1.54, 1.807) is 36.7 Å². The van der Waals surface area contributed by atoms with Gasteiger partial charge in [0.15, 0.2) is 0 Å². The van der Waals surface area contributed by atoms with Crippen molar-refractivity contribution in [3.63, 3.8) is 0 Å². The van der Waals surface area contributed by atoms with Gasteiger partial charge in [-0.2, -0.15) is 0 Å². The van der Waals surface area contributed by atoms with Crippen LogP contribution in [0.4, 0.5) is 0 Å². The van der Waals surface area contributed by atoms with Crippen molar-refractivity contribution in [3.05, 3.63) is 71.8 Å². The number of hydrogen-bond donors (Lipinski definition) is 3. The molecule has 0 aliphatic rings. The van der Waals surface area contributed by atoms with E-state index in [4.69, 9.17) is 5.11 Å². The van der Waals surface area contributed by atoms with Gasteiger partial charge in [0.2, 0.25) is 0 Å². The first kappa shape index (κ1) is 24.6. The van der Waals surface area contributed by atoms with E-state index in [1.807, 2.05) is 43.3 Å². The molecule has 3 N–H and O–H groups in total. The third kappa shape index (κ3) is 9.19. The van der Waals surface area contributed by atoms with Crippen molar-refractivity contribution in [1.82, 2.24) is 0 Å². The second-order valence-corrected chi connectivity index (χ2v) is 5.35. The summed E-state index contributed by atoms with van der Waals surface area (Å²) >= 11 is 0. The molecule has 2 aromatic carbocycles. The topological polar surface area (TPSA) is 85.4 Å². The molecule has 0 fully saturated rings. The zero-order valence-electron chi connectivity index (χ0n) is 15.5. The number of aromatic hydroxyl groups is 2. The van der Waals surface area contributed by atoms with Crippen LogP contribution in [-0.2, 0) is 16.8 Å². The summed E-state index contributed by atoms with van der Waals surface area (Å²) in [6.45, 7) is 2.47. The molecule has 147 valence electrons. The maximum atomic E-state index is 9.79. The SMILES string of the molecule is C/C=C/CC(CN=Cc1ccccc1O)N=Cc1ccccc1O.CO.[Co]. The van der Waals surface area contributed by atoms with Crippen LogP contribution in [-0.4, -0.2) is 47.4 Å². The molecule has 0 aromatic heterocycles. The van der Waals surface area contributed by atoms with E-state index in [1.165, 1.54) is 0 Å². The van der Waals surface area contributed by atoms with E-state index in [0.717, 1.165) is 13.5 Å². The third-order valence-electron chi connectivity index (χ3n) is 3.49. The molecule has 2 rings (SSSR count). The number of nitrogens with zero attached hydrogens (tertiary/aromatic N) is 2. The number of benzene rings is 2. The van der Waals surface area contributed by atoms with E-state index in [-0.39, 0.29) is 34.3 Å². The Kier molecular flexibility index (Phi) is 13.4. The third-order valence-corrected chi connectivity index (χ3v) is 3.49. The molecule has 0 bridgehead atoms. The molecule has 1 unspecified atom stereocenters. The van der Waals surface area contributed by atoms with Gasteiger partial charge in [0, 0.05) is 47.4 Å². The van der Waals surface area contributed by atoms with E-state index in [2.05, 4.69) is 9.98 Å². The fraction of sp³-hybridized carbons (Fsp3) is 0.238. The summed E-state index contributed by atoms with van der Waals surface area (Å²) in [5.74, 6) is 0.424. The van der Waals surface area contributed by atoms with Crippen molar-refractivity contribution in [2.75, 3.05) is 13.7 Å². The maximum absolute atomic E-state index is 9.79. The molecule has 6 heteroatoms. The summed E-state index contributed by atoms with van der Waals surface area (Å²) in [4.78, 5) is 8.93. The van der Waals surface area contributed by atoms with Gasteiger partial charge in [-0.15, -0.1) is 0 Å². The number of rotatable bonds is 7. The molecule has 2 aromatic rings. The second-order valence-electron chi connectivity index (χ2n) is 5.35. The van der Waals surface area contributed by atoms with Crippen molar-refractivity contribution >= 4 is 12.4 Å². The van der Waals surface area contributed by atoms with Gasteiger partial charge >= 0.3 is 0 Å². The van der Waals surface area contributed by atoms with E-state index >= 15 is 0 Å².